The number of nitrogens with zero attached hydrogens (tertiary/aromatic N) is 3. The fourth-order valence-corrected chi connectivity index (χ4v) is 3.67. The van der Waals surface area contributed by atoms with E-state index in [4.69, 9.17) is 4.84 Å². The number of aromatic nitrogens is 1. The molecule has 0 N–H and O–H groups in total. The maximum absolute atomic E-state index is 13.5. The summed E-state index contributed by atoms with van der Waals surface area (Å²) in [6, 6.07) is 15.4. The van der Waals surface area contributed by atoms with Gasteiger partial charge in [0.2, 0.25) is 6.10 Å². The summed E-state index contributed by atoms with van der Waals surface area (Å²) in [6.07, 6.45) is -0.511. The topological polar surface area (TPSA) is 54.8 Å². The lowest BCUT2D eigenvalue weighted by Gasteiger charge is -2.22. The molecule has 1 aliphatic heterocycles. The zero-order valence-corrected chi connectivity index (χ0v) is 15.3. The van der Waals surface area contributed by atoms with E-state index in [1.165, 1.54) is 23.5 Å². The summed E-state index contributed by atoms with van der Waals surface area (Å²) in [6.45, 7) is 1.88. The van der Waals surface area contributed by atoms with Crippen molar-refractivity contribution in [1.29, 1.82) is 0 Å². The second kappa shape index (κ2) is 7.28. The molecule has 136 valence electrons. The molecule has 1 amide bonds. The number of thiazole rings is 1. The summed E-state index contributed by atoms with van der Waals surface area (Å²) in [5.41, 5.74) is 2.71. The third-order valence-electron chi connectivity index (χ3n) is 4.14. The molecule has 1 aromatic heterocycles. The smallest absolute Gasteiger partial charge is 0.277 e. The number of hydrogen-bond acceptors (Lipinski definition) is 5. The van der Waals surface area contributed by atoms with Gasteiger partial charge in [-0.05, 0) is 31.2 Å². The maximum atomic E-state index is 13.5. The lowest BCUT2D eigenvalue weighted by atomic mass is 10.0. The Hall–Kier alpha value is -3.06. The molecule has 3 aromatic rings. The number of benzene rings is 2. The Balaban J connectivity index is 1.60. The van der Waals surface area contributed by atoms with Gasteiger partial charge in [-0.15, -0.1) is 11.3 Å². The minimum atomic E-state index is -0.785. The molecule has 0 radical (unpaired) electrons. The molecule has 0 fully saturated rings. The molecule has 27 heavy (non-hydrogen) atoms. The molecule has 0 saturated heterocycles. The third kappa shape index (κ3) is 3.59. The first kappa shape index (κ1) is 17.4. The molecule has 4 rings (SSSR count). The van der Waals surface area contributed by atoms with E-state index in [0.29, 0.717) is 22.1 Å². The van der Waals surface area contributed by atoms with E-state index in [0.717, 1.165) is 5.69 Å². The normalized spacial score (nSPS) is 15.9. The predicted molar refractivity (Wildman–Crippen MR) is 103 cm³/mol. The number of hydrogen-bond donors (Lipinski definition) is 0. The summed E-state index contributed by atoms with van der Waals surface area (Å²) in [5.74, 6) is -0.611. The summed E-state index contributed by atoms with van der Waals surface area (Å²) in [7, 11) is 0. The van der Waals surface area contributed by atoms with Gasteiger partial charge in [0.1, 0.15) is 5.82 Å². The highest BCUT2D eigenvalue weighted by Gasteiger charge is 2.35. The number of para-hydroxylation sites is 1. The van der Waals surface area contributed by atoms with E-state index in [9.17, 15) is 9.18 Å². The highest BCUT2D eigenvalue weighted by molar-refractivity contribution is 7.14. The molecule has 1 atom stereocenters. The van der Waals surface area contributed by atoms with Gasteiger partial charge in [-0.1, -0.05) is 35.5 Å². The molecule has 1 aliphatic rings. The average molecular weight is 381 g/mol. The average Bonchev–Trinajstić information content (AvgIpc) is 3.32. The van der Waals surface area contributed by atoms with E-state index >= 15 is 0 Å². The van der Waals surface area contributed by atoms with Crippen LogP contribution >= 0.6 is 11.3 Å². The van der Waals surface area contributed by atoms with Gasteiger partial charge >= 0.3 is 0 Å². The zero-order valence-electron chi connectivity index (χ0n) is 14.5. The maximum Gasteiger partial charge on any atom is 0.277 e. The van der Waals surface area contributed by atoms with Crippen molar-refractivity contribution in [2.75, 3.05) is 4.90 Å². The first-order valence-electron chi connectivity index (χ1n) is 8.41. The van der Waals surface area contributed by atoms with E-state index in [1.54, 1.807) is 17.0 Å². The zero-order chi connectivity index (χ0) is 18.8. The fourth-order valence-electron chi connectivity index (χ4n) is 2.85. The Kier molecular flexibility index (Phi) is 4.68. The summed E-state index contributed by atoms with van der Waals surface area (Å²) in [5, 5.41) is 6.48. The monoisotopic (exact) mass is 381 g/mol. The molecular formula is C20H16FN3O2S. The summed E-state index contributed by atoms with van der Waals surface area (Å²) >= 11 is 1.39. The van der Waals surface area contributed by atoms with Crippen molar-refractivity contribution >= 4 is 33.8 Å². The van der Waals surface area contributed by atoms with Gasteiger partial charge < -0.3 is 4.84 Å². The van der Waals surface area contributed by atoms with Gasteiger partial charge in [-0.2, -0.15) is 0 Å². The van der Waals surface area contributed by atoms with Crippen molar-refractivity contribution in [3.63, 3.8) is 0 Å². The van der Waals surface area contributed by atoms with Crippen LogP contribution in [0.1, 0.15) is 17.7 Å². The molecule has 0 aliphatic carbocycles. The largest absolute Gasteiger partial charge is 0.382 e. The van der Waals surface area contributed by atoms with Crippen molar-refractivity contribution in [1.82, 2.24) is 4.98 Å². The van der Waals surface area contributed by atoms with E-state index < -0.39 is 6.10 Å². The first-order chi connectivity index (χ1) is 13.1. The van der Waals surface area contributed by atoms with Crippen LogP contribution in [-0.4, -0.2) is 22.7 Å². The van der Waals surface area contributed by atoms with E-state index in [2.05, 4.69) is 10.1 Å². The van der Waals surface area contributed by atoms with Crippen molar-refractivity contribution in [3.05, 3.63) is 77.1 Å². The van der Waals surface area contributed by atoms with Gasteiger partial charge in [0, 0.05) is 17.4 Å². The van der Waals surface area contributed by atoms with E-state index in [-0.39, 0.29) is 18.1 Å². The van der Waals surface area contributed by atoms with Gasteiger partial charge in [0.15, 0.2) is 5.13 Å². The lowest BCUT2D eigenvalue weighted by molar-refractivity contribution is -0.127. The minimum absolute atomic E-state index is 0.259. The third-order valence-corrected chi connectivity index (χ3v) is 5.08. The Morgan fingerprint density at radius 2 is 2.04 bits per heavy atom. The number of rotatable bonds is 4. The van der Waals surface area contributed by atoms with Crippen LogP contribution in [0.5, 0.6) is 0 Å². The molecular weight excluding hydrogens is 365 g/mol. The minimum Gasteiger partial charge on any atom is -0.382 e. The summed E-state index contributed by atoms with van der Waals surface area (Å²) in [4.78, 5) is 24.6. The van der Waals surface area contributed by atoms with Crippen LogP contribution in [0.25, 0.3) is 0 Å². The Bertz CT molecular complexity index is 1000. The molecule has 2 aromatic carbocycles. The number of halogens is 1. The molecule has 0 spiro atoms. The number of carbonyl (C=O) groups excluding carboxylic acids is 1. The quantitative estimate of drug-likeness (QED) is 0.671. The standard InChI is InChI=1S/C20H16FN3O2S/c1-13-12-27-20(22-13)24(16-8-3-2-4-9-16)19(25)18-11-17(23-26-18)14-6-5-7-15(21)10-14/h2-10,12,18H,11H2,1H3. The van der Waals surface area contributed by atoms with Gasteiger partial charge in [0.05, 0.1) is 17.1 Å². The number of aryl methyl sites for hydroxylation is 1. The van der Waals surface area contributed by atoms with Crippen molar-refractivity contribution in [2.24, 2.45) is 5.16 Å². The van der Waals surface area contributed by atoms with Crippen molar-refractivity contribution in [3.8, 4) is 0 Å². The van der Waals surface area contributed by atoms with Gasteiger partial charge in [0.25, 0.3) is 5.91 Å². The van der Waals surface area contributed by atoms with Gasteiger partial charge in [-0.25, -0.2) is 9.37 Å². The Morgan fingerprint density at radius 3 is 2.74 bits per heavy atom. The number of oxime groups is 1. The van der Waals surface area contributed by atoms with Crippen LogP contribution in [0, 0.1) is 12.7 Å². The molecule has 7 heteroatoms. The molecule has 0 saturated carbocycles. The van der Waals surface area contributed by atoms with Crippen molar-refractivity contribution < 1.29 is 14.0 Å². The van der Waals surface area contributed by atoms with Crippen molar-refractivity contribution in [2.45, 2.75) is 19.4 Å². The number of anilines is 2. The van der Waals surface area contributed by atoms with Crippen LogP contribution < -0.4 is 4.90 Å². The summed E-state index contributed by atoms with van der Waals surface area (Å²) < 4.78 is 13.5. The Morgan fingerprint density at radius 1 is 1.22 bits per heavy atom. The SMILES string of the molecule is Cc1csc(N(C(=O)C2CC(c3cccc(F)c3)=NO2)c2ccccc2)n1. The number of amides is 1. The lowest BCUT2D eigenvalue weighted by Crippen LogP contribution is -2.36. The highest BCUT2D eigenvalue weighted by Crippen LogP contribution is 2.31. The molecule has 0 bridgehead atoms. The molecule has 2 heterocycles. The second-order valence-corrected chi connectivity index (χ2v) is 6.96. The molecule has 1 unspecified atom stereocenters. The first-order valence-corrected chi connectivity index (χ1v) is 9.29. The van der Waals surface area contributed by atoms with Crippen LogP contribution in [-0.2, 0) is 9.63 Å². The fraction of sp³-hybridized carbons (Fsp3) is 0.150. The van der Waals surface area contributed by atoms with E-state index in [1.807, 2.05) is 42.6 Å². The van der Waals surface area contributed by atoms with Crippen LogP contribution in [0.15, 0.2) is 65.1 Å². The van der Waals surface area contributed by atoms with Crippen LogP contribution in [0.4, 0.5) is 15.2 Å². The second-order valence-electron chi connectivity index (χ2n) is 6.13. The van der Waals surface area contributed by atoms with Crippen LogP contribution in [0.3, 0.4) is 0 Å². The number of carbonyl (C=O) groups is 1. The molecule has 5 nitrogen and oxygen atoms in total. The Labute approximate surface area is 159 Å². The van der Waals surface area contributed by atoms with Gasteiger partial charge in [-0.3, -0.25) is 9.69 Å². The van der Waals surface area contributed by atoms with Crippen LogP contribution in [0.2, 0.25) is 0 Å². The predicted octanol–water partition coefficient (Wildman–Crippen LogP) is 4.45. The highest BCUT2D eigenvalue weighted by atomic mass is 32.1.